The lowest BCUT2D eigenvalue weighted by atomic mass is 9.43. The molecule has 0 aromatic rings. The van der Waals surface area contributed by atoms with Crippen LogP contribution < -0.4 is 5.73 Å². The number of aliphatic imine (C=N–C) groups is 2. The minimum absolute atomic E-state index is 0. The molecule has 4 fully saturated rings. The molecule has 7 nitrogen and oxygen atoms in total. The number of fused-ring (bicyclic) bond motifs is 5. The molecule has 5 aliphatic rings. The third kappa shape index (κ3) is 5.54. The van der Waals surface area contributed by atoms with Crippen LogP contribution in [0.5, 0.6) is 0 Å². The van der Waals surface area contributed by atoms with Crippen LogP contribution in [0.3, 0.4) is 0 Å². The van der Waals surface area contributed by atoms with E-state index in [1.165, 1.54) is 5.71 Å². The number of guanidine groups is 1. The van der Waals surface area contributed by atoms with E-state index in [-0.39, 0.29) is 47.5 Å². The molecule has 7 atom stereocenters. The molecule has 222 valence electrons. The zero-order chi connectivity index (χ0) is 26.4. The van der Waals surface area contributed by atoms with Gasteiger partial charge >= 0.3 is 5.97 Å². The second-order valence-corrected chi connectivity index (χ2v) is 12.9. The van der Waals surface area contributed by atoms with E-state index in [1.54, 1.807) is 6.08 Å². The molecule has 0 radical (unpaired) electrons. The first-order valence-electron chi connectivity index (χ1n) is 14.8. The van der Waals surface area contributed by atoms with Crippen molar-refractivity contribution in [2.45, 2.75) is 91.1 Å². The van der Waals surface area contributed by atoms with E-state index < -0.39 is 5.60 Å². The highest BCUT2D eigenvalue weighted by Crippen LogP contribution is 2.69. The van der Waals surface area contributed by atoms with Gasteiger partial charge in [-0.25, -0.2) is 9.79 Å². The summed E-state index contributed by atoms with van der Waals surface area (Å²) >= 11 is 0. The molecule has 0 bridgehead atoms. The highest BCUT2D eigenvalue weighted by Gasteiger charge is 2.67. The normalized spacial score (nSPS) is 40.7. The molecular formula is C30H50Cl2N4O3. The molecule has 5 rings (SSSR count). The fraction of sp³-hybridized carbons (Fsp3) is 0.833. The summed E-state index contributed by atoms with van der Waals surface area (Å²) in [4.78, 5) is 23.5. The van der Waals surface area contributed by atoms with Crippen molar-refractivity contribution in [3.63, 3.8) is 0 Å². The van der Waals surface area contributed by atoms with Crippen molar-refractivity contribution in [2.75, 3.05) is 32.8 Å². The van der Waals surface area contributed by atoms with Gasteiger partial charge in [-0.3, -0.25) is 4.99 Å². The predicted molar refractivity (Wildman–Crippen MR) is 162 cm³/mol. The Morgan fingerprint density at radius 3 is 2.51 bits per heavy atom. The van der Waals surface area contributed by atoms with Crippen molar-refractivity contribution in [3.8, 4) is 0 Å². The number of nitrogens with two attached hydrogens (primary N) is 1. The van der Waals surface area contributed by atoms with Crippen LogP contribution in [0.4, 0.5) is 0 Å². The molecule has 39 heavy (non-hydrogen) atoms. The third-order valence-electron chi connectivity index (χ3n) is 11.7. The van der Waals surface area contributed by atoms with Gasteiger partial charge in [0.2, 0.25) is 5.96 Å². The summed E-state index contributed by atoms with van der Waals surface area (Å²) in [6.45, 7) is 13.2. The van der Waals surface area contributed by atoms with Crippen molar-refractivity contribution in [1.82, 2.24) is 4.90 Å². The zero-order valence-corrected chi connectivity index (χ0v) is 25.9. The summed E-state index contributed by atoms with van der Waals surface area (Å²) < 4.78 is 5.26. The smallest absolute Gasteiger partial charge is 0.331 e. The molecule has 0 aromatic carbocycles. The van der Waals surface area contributed by atoms with Gasteiger partial charge in [0, 0.05) is 23.7 Å². The van der Waals surface area contributed by atoms with Crippen LogP contribution in [-0.4, -0.2) is 66.0 Å². The Bertz CT molecular complexity index is 999. The summed E-state index contributed by atoms with van der Waals surface area (Å²) in [5.74, 6) is 1.94. The van der Waals surface area contributed by atoms with Crippen molar-refractivity contribution in [3.05, 3.63) is 11.6 Å². The zero-order valence-electron chi connectivity index (χ0n) is 24.3. The van der Waals surface area contributed by atoms with E-state index in [9.17, 15) is 9.90 Å². The molecule has 4 aliphatic carbocycles. The largest absolute Gasteiger partial charge is 0.458 e. The van der Waals surface area contributed by atoms with E-state index in [4.69, 9.17) is 15.5 Å². The third-order valence-corrected chi connectivity index (χ3v) is 11.7. The van der Waals surface area contributed by atoms with Gasteiger partial charge in [-0.2, -0.15) is 0 Å². The molecule has 9 heteroatoms. The Kier molecular flexibility index (Phi) is 10.3. The average Bonchev–Trinajstić information content (AvgIpc) is 3.42. The minimum Gasteiger partial charge on any atom is -0.458 e. The molecule has 1 aliphatic heterocycles. The number of aliphatic hydroxyl groups is 1. The van der Waals surface area contributed by atoms with Gasteiger partial charge in [0.05, 0.1) is 12.1 Å². The number of cyclic esters (lactones) is 1. The maximum atomic E-state index is 12.4. The van der Waals surface area contributed by atoms with E-state index >= 15 is 0 Å². The van der Waals surface area contributed by atoms with Crippen LogP contribution in [0.15, 0.2) is 21.6 Å². The molecule has 0 spiro atoms. The first-order valence-corrected chi connectivity index (χ1v) is 14.8. The van der Waals surface area contributed by atoms with Gasteiger partial charge in [0.15, 0.2) is 0 Å². The fourth-order valence-corrected chi connectivity index (χ4v) is 9.36. The minimum atomic E-state index is -0.655. The van der Waals surface area contributed by atoms with Crippen LogP contribution in [0.1, 0.15) is 85.5 Å². The monoisotopic (exact) mass is 584 g/mol. The maximum Gasteiger partial charge on any atom is 0.331 e. The molecule has 0 unspecified atom stereocenters. The number of rotatable bonds is 6. The SMILES string of the molecule is CCN(CC)CCN=C(N)N=C1CC[C@@]2(C)[C@H](CC[C@@H]3[C@@H]2CC[C@]2(C)[C@@H](C4=CC(=O)OC4)CC[C@]32O)C1.Cl.Cl. The fourth-order valence-electron chi connectivity index (χ4n) is 9.36. The molecule has 0 amide bonds. The molecular weight excluding hydrogens is 535 g/mol. The number of hydrogen-bond acceptors (Lipinski definition) is 5. The van der Waals surface area contributed by atoms with Crippen LogP contribution in [0, 0.1) is 34.5 Å². The lowest BCUT2D eigenvalue weighted by Crippen LogP contribution is -2.62. The van der Waals surface area contributed by atoms with Gasteiger partial charge in [0.25, 0.3) is 0 Å². The van der Waals surface area contributed by atoms with E-state index in [0.29, 0.717) is 36.9 Å². The van der Waals surface area contributed by atoms with Crippen LogP contribution in [0.25, 0.3) is 0 Å². The van der Waals surface area contributed by atoms with Crippen molar-refractivity contribution < 1.29 is 14.6 Å². The van der Waals surface area contributed by atoms with Crippen LogP contribution >= 0.6 is 24.8 Å². The number of hydrogen-bond donors (Lipinski definition) is 2. The molecule has 1 heterocycles. The second-order valence-electron chi connectivity index (χ2n) is 12.9. The first-order chi connectivity index (χ1) is 17.6. The first kappa shape index (κ1) is 32.4. The Morgan fingerprint density at radius 1 is 1.10 bits per heavy atom. The van der Waals surface area contributed by atoms with Gasteiger partial charge in [-0.1, -0.05) is 27.7 Å². The standard InChI is InChI=1S/C30H48N4O3.2ClH/c1-5-34(6-2)16-15-32-27(31)33-22-9-12-28(3)21(18-22)7-8-25-24(28)10-13-29(4)23(11-14-30(25,29)36)20-17-26(35)37-19-20;;/h17,21,23-25,36H,5-16,18-19H2,1-4H3,(H2,31,32);2*1H/t21-,23-,24+,25-,28+,29-,30+;;/m1../s1. The van der Waals surface area contributed by atoms with Gasteiger partial charge in [-0.05, 0) is 106 Å². The lowest BCUT2D eigenvalue weighted by molar-refractivity contribution is -0.200. The Hall–Kier alpha value is -1.15. The van der Waals surface area contributed by atoms with E-state index in [2.05, 4.69) is 37.6 Å². The number of carbonyl (C=O) groups is 1. The molecule has 3 N–H and O–H groups in total. The van der Waals surface area contributed by atoms with E-state index in [0.717, 1.165) is 83.0 Å². The molecule has 0 aromatic heterocycles. The van der Waals surface area contributed by atoms with E-state index in [1.807, 2.05) is 0 Å². The number of carbonyl (C=O) groups excluding carboxylic acids is 1. The number of ether oxygens (including phenoxy) is 1. The van der Waals surface area contributed by atoms with Crippen LogP contribution in [0.2, 0.25) is 0 Å². The van der Waals surface area contributed by atoms with Gasteiger partial charge in [0.1, 0.15) is 6.61 Å². The molecule has 0 saturated heterocycles. The Labute approximate surface area is 247 Å². The summed E-state index contributed by atoms with van der Waals surface area (Å²) in [5.41, 5.74) is 7.95. The highest BCUT2D eigenvalue weighted by atomic mass is 35.5. The Morgan fingerprint density at radius 2 is 1.85 bits per heavy atom. The second kappa shape index (κ2) is 12.4. The van der Waals surface area contributed by atoms with Crippen molar-refractivity contribution in [2.24, 2.45) is 50.2 Å². The van der Waals surface area contributed by atoms with Crippen molar-refractivity contribution in [1.29, 1.82) is 0 Å². The number of halogens is 2. The average molecular weight is 586 g/mol. The quantitative estimate of drug-likeness (QED) is 0.254. The topological polar surface area (TPSA) is 101 Å². The van der Waals surface area contributed by atoms with Gasteiger partial charge in [-0.15, -0.1) is 24.8 Å². The predicted octanol–water partition coefficient (Wildman–Crippen LogP) is 5.18. The molecule has 4 saturated carbocycles. The Balaban J connectivity index is 0.00000210. The van der Waals surface area contributed by atoms with Gasteiger partial charge < -0.3 is 20.5 Å². The van der Waals surface area contributed by atoms with Crippen molar-refractivity contribution >= 4 is 42.5 Å². The van der Waals surface area contributed by atoms with Crippen LogP contribution in [-0.2, 0) is 9.53 Å². The number of likely N-dealkylation sites (N-methyl/N-ethyl adjacent to an activating group) is 1. The summed E-state index contributed by atoms with van der Waals surface area (Å²) in [6, 6.07) is 0. The summed E-state index contributed by atoms with van der Waals surface area (Å²) in [5, 5.41) is 12.4. The maximum absolute atomic E-state index is 12.4. The summed E-state index contributed by atoms with van der Waals surface area (Å²) in [7, 11) is 0. The lowest BCUT2D eigenvalue weighted by Gasteiger charge is -2.63. The summed E-state index contributed by atoms with van der Waals surface area (Å²) in [6.07, 6.45) is 11.0. The number of nitrogens with zero attached hydrogens (tertiary/aromatic N) is 3. The highest BCUT2D eigenvalue weighted by molar-refractivity contribution is 5.97. The number of esters is 1.